The quantitative estimate of drug-likeness (QED) is 0.805. The maximum absolute atomic E-state index is 12.1. The van der Waals surface area contributed by atoms with E-state index in [-0.39, 0.29) is 5.56 Å². The molecular weight excluding hydrogens is 307 g/mol. The van der Waals surface area contributed by atoms with Crippen molar-refractivity contribution in [2.75, 3.05) is 6.54 Å². The van der Waals surface area contributed by atoms with E-state index in [1.165, 1.54) is 12.1 Å². The van der Waals surface area contributed by atoms with E-state index < -0.39 is 18.6 Å². The van der Waals surface area contributed by atoms with E-state index in [4.69, 9.17) is 0 Å². The highest BCUT2D eigenvalue weighted by atomic mass is 19.4. The number of nitrogens with one attached hydrogen (secondary N) is 1. The van der Waals surface area contributed by atoms with Crippen LogP contribution in [0.1, 0.15) is 10.4 Å². The van der Waals surface area contributed by atoms with E-state index in [0.717, 1.165) is 11.2 Å². The summed E-state index contributed by atoms with van der Waals surface area (Å²) >= 11 is 0. The molecule has 118 valence electrons. The molecule has 4 nitrogen and oxygen atoms in total. The molecule has 2 aromatic carbocycles. The fourth-order valence-corrected chi connectivity index (χ4v) is 2.23. The van der Waals surface area contributed by atoms with Gasteiger partial charge in [-0.1, -0.05) is 18.2 Å². The van der Waals surface area contributed by atoms with Gasteiger partial charge in [0, 0.05) is 11.3 Å². The molecule has 0 spiro atoms. The van der Waals surface area contributed by atoms with Crippen molar-refractivity contribution >= 4 is 16.9 Å². The first kappa shape index (κ1) is 15.1. The van der Waals surface area contributed by atoms with Crippen LogP contribution in [0.25, 0.3) is 16.7 Å². The molecule has 0 aliphatic rings. The Morgan fingerprint density at radius 3 is 2.57 bits per heavy atom. The van der Waals surface area contributed by atoms with Gasteiger partial charge in [-0.2, -0.15) is 13.2 Å². The molecule has 0 atom stereocenters. The number of imidazole rings is 1. The van der Waals surface area contributed by atoms with Crippen LogP contribution in [0.5, 0.6) is 0 Å². The Kier molecular flexibility index (Phi) is 3.77. The largest absolute Gasteiger partial charge is 0.405 e. The zero-order valence-corrected chi connectivity index (χ0v) is 11.8. The van der Waals surface area contributed by atoms with Gasteiger partial charge in [0.25, 0.3) is 5.91 Å². The van der Waals surface area contributed by atoms with Crippen LogP contribution in [0.2, 0.25) is 0 Å². The van der Waals surface area contributed by atoms with Crippen LogP contribution in [-0.4, -0.2) is 28.2 Å². The van der Waals surface area contributed by atoms with Crippen molar-refractivity contribution in [1.29, 1.82) is 0 Å². The summed E-state index contributed by atoms with van der Waals surface area (Å²) in [6.45, 7) is -1.36. The van der Waals surface area contributed by atoms with Gasteiger partial charge in [-0.3, -0.25) is 9.36 Å². The number of alkyl halides is 3. The summed E-state index contributed by atoms with van der Waals surface area (Å²) in [6.07, 6.45) is -2.83. The summed E-state index contributed by atoms with van der Waals surface area (Å²) in [5.74, 6) is -0.779. The van der Waals surface area contributed by atoms with E-state index in [1.807, 2.05) is 40.2 Å². The van der Waals surface area contributed by atoms with Crippen molar-refractivity contribution in [3.8, 4) is 5.69 Å². The van der Waals surface area contributed by atoms with Crippen LogP contribution in [0.3, 0.4) is 0 Å². The van der Waals surface area contributed by atoms with E-state index in [9.17, 15) is 18.0 Å². The molecule has 0 bridgehead atoms. The van der Waals surface area contributed by atoms with Gasteiger partial charge in [-0.05, 0) is 30.3 Å². The van der Waals surface area contributed by atoms with Gasteiger partial charge in [0.1, 0.15) is 12.9 Å². The second-order valence-corrected chi connectivity index (χ2v) is 4.95. The van der Waals surface area contributed by atoms with E-state index in [2.05, 4.69) is 4.98 Å². The van der Waals surface area contributed by atoms with Crippen molar-refractivity contribution in [3.05, 3.63) is 60.4 Å². The van der Waals surface area contributed by atoms with Gasteiger partial charge in [-0.15, -0.1) is 0 Å². The van der Waals surface area contributed by atoms with E-state index >= 15 is 0 Å². The summed E-state index contributed by atoms with van der Waals surface area (Å²) in [5, 5.41) is 1.84. The Morgan fingerprint density at radius 1 is 1.13 bits per heavy atom. The molecule has 0 aliphatic carbocycles. The summed E-state index contributed by atoms with van der Waals surface area (Å²) < 4.78 is 38.3. The molecule has 0 saturated heterocycles. The topological polar surface area (TPSA) is 46.9 Å². The SMILES string of the molecule is O=C(NCC(F)(F)F)c1ccc2c(c1)ncn2-c1ccccc1. The molecule has 1 amide bonds. The lowest BCUT2D eigenvalue weighted by atomic mass is 10.2. The minimum atomic E-state index is -4.44. The molecule has 0 aliphatic heterocycles. The molecule has 0 fully saturated rings. The number of halogens is 3. The zero-order chi connectivity index (χ0) is 16.4. The number of aromatic nitrogens is 2. The van der Waals surface area contributed by atoms with E-state index in [0.29, 0.717) is 5.52 Å². The number of fused-ring (bicyclic) bond motifs is 1. The van der Waals surface area contributed by atoms with Crippen LogP contribution < -0.4 is 5.32 Å². The van der Waals surface area contributed by atoms with Gasteiger partial charge >= 0.3 is 6.18 Å². The molecule has 3 rings (SSSR count). The van der Waals surface area contributed by atoms with Crippen LogP contribution in [0.4, 0.5) is 13.2 Å². The number of para-hydroxylation sites is 1. The first-order valence-electron chi connectivity index (χ1n) is 6.81. The van der Waals surface area contributed by atoms with Gasteiger partial charge in [0.15, 0.2) is 0 Å². The third kappa shape index (κ3) is 3.33. The molecule has 0 radical (unpaired) electrons. The fraction of sp³-hybridized carbons (Fsp3) is 0.125. The smallest absolute Gasteiger partial charge is 0.343 e. The number of hydrogen-bond donors (Lipinski definition) is 1. The standard InChI is InChI=1S/C16H12F3N3O/c17-16(18,19)9-20-15(23)11-6-7-14-13(8-11)21-10-22(14)12-4-2-1-3-5-12/h1-8,10H,9H2,(H,20,23). The van der Waals surface area contributed by atoms with E-state index in [1.54, 1.807) is 12.4 Å². The molecule has 3 aromatic rings. The minimum absolute atomic E-state index is 0.139. The predicted molar refractivity (Wildman–Crippen MR) is 79.5 cm³/mol. The van der Waals surface area contributed by atoms with Gasteiger partial charge in [-0.25, -0.2) is 4.98 Å². The monoisotopic (exact) mass is 319 g/mol. The second kappa shape index (κ2) is 5.75. The third-order valence-electron chi connectivity index (χ3n) is 3.29. The lowest BCUT2D eigenvalue weighted by Gasteiger charge is -2.08. The Balaban J connectivity index is 1.88. The molecule has 1 heterocycles. The average Bonchev–Trinajstić information content (AvgIpc) is 2.95. The Morgan fingerprint density at radius 2 is 1.87 bits per heavy atom. The summed E-state index contributed by atoms with van der Waals surface area (Å²) in [4.78, 5) is 16.0. The maximum atomic E-state index is 12.1. The van der Waals surface area contributed by atoms with Crippen molar-refractivity contribution in [1.82, 2.24) is 14.9 Å². The first-order valence-corrected chi connectivity index (χ1v) is 6.81. The van der Waals surface area contributed by atoms with Crippen molar-refractivity contribution in [2.45, 2.75) is 6.18 Å². The average molecular weight is 319 g/mol. The van der Waals surface area contributed by atoms with Crippen molar-refractivity contribution < 1.29 is 18.0 Å². The molecule has 1 aromatic heterocycles. The fourth-order valence-electron chi connectivity index (χ4n) is 2.23. The maximum Gasteiger partial charge on any atom is 0.405 e. The van der Waals surface area contributed by atoms with Crippen molar-refractivity contribution in [2.24, 2.45) is 0 Å². The second-order valence-electron chi connectivity index (χ2n) is 4.95. The number of benzene rings is 2. The number of rotatable bonds is 3. The summed E-state index contributed by atoms with van der Waals surface area (Å²) in [6, 6.07) is 14.1. The highest BCUT2D eigenvalue weighted by molar-refractivity contribution is 5.97. The Hall–Kier alpha value is -2.83. The van der Waals surface area contributed by atoms with Crippen LogP contribution in [0.15, 0.2) is 54.9 Å². The number of amides is 1. The molecule has 0 saturated carbocycles. The molecule has 1 N–H and O–H groups in total. The molecule has 0 unspecified atom stereocenters. The highest BCUT2D eigenvalue weighted by Gasteiger charge is 2.27. The van der Waals surface area contributed by atoms with Crippen LogP contribution in [0, 0.1) is 0 Å². The minimum Gasteiger partial charge on any atom is -0.343 e. The zero-order valence-electron chi connectivity index (χ0n) is 11.8. The van der Waals surface area contributed by atoms with Gasteiger partial charge in [0.2, 0.25) is 0 Å². The lowest BCUT2D eigenvalue weighted by Crippen LogP contribution is -2.33. The first-order chi connectivity index (χ1) is 10.9. The van der Waals surface area contributed by atoms with Crippen molar-refractivity contribution in [3.63, 3.8) is 0 Å². The number of nitrogens with zero attached hydrogens (tertiary/aromatic N) is 2. The number of hydrogen-bond acceptors (Lipinski definition) is 2. The summed E-state index contributed by atoms with van der Waals surface area (Å²) in [7, 11) is 0. The van der Waals surface area contributed by atoms with Gasteiger partial charge in [0.05, 0.1) is 11.0 Å². The molecule has 23 heavy (non-hydrogen) atoms. The van der Waals surface area contributed by atoms with Gasteiger partial charge < -0.3 is 5.32 Å². The third-order valence-corrected chi connectivity index (χ3v) is 3.29. The molecule has 7 heteroatoms. The number of carbonyl (C=O) groups is 1. The normalized spacial score (nSPS) is 11.6. The predicted octanol–water partition coefficient (Wildman–Crippen LogP) is 3.32. The summed E-state index contributed by atoms with van der Waals surface area (Å²) in [5.41, 5.74) is 2.35. The van der Waals surface area contributed by atoms with Crippen LogP contribution in [-0.2, 0) is 0 Å². The number of carbonyl (C=O) groups excluding carboxylic acids is 1. The lowest BCUT2D eigenvalue weighted by molar-refractivity contribution is -0.123. The van der Waals surface area contributed by atoms with Crippen LogP contribution >= 0.6 is 0 Å². The Bertz CT molecular complexity index is 841. The highest BCUT2D eigenvalue weighted by Crippen LogP contribution is 2.19. The Labute approximate surface area is 129 Å². The molecular formula is C16H12F3N3O.